The van der Waals surface area contributed by atoms with E-state index in [1.54, 1.807) is 14.2 Å². The highest BCUT2D eigenvalue weighted by atomic mass is 31.2. The maximum Gasteiger partial charge on any atom is 0.330 e. The van der Waals surface area contributed by atoms with Gasteiger partial charge in [0.15, 0.2) is 24.6 Å². The Bertz CT molecular complexity index is 2970. The van der Waals surface area contributed by atoms with Crippen molar-refractivity contribution in [2.75, 3.05) is 67.1 Å². The molecule has 2 aliphatic heterocycles. The minimum absolute atomic E-state index is 0.0188. The number of amides is 1. The van der Waals surface area contributed by atoms with E-state index in [0.29, 0.717) is 11.5 Å². The predicted octanol–water partition coefficient (Wildman–Crippen LogP) is 5.26. The molecule has 27 heteroatoms. The number of carbonyl (C=O) groups excluding carboxylic acids is 5. The van der Waals surface area contributed by atoms with Crippen LogP contribution in [0.4, 0.5) is 0 Å². The predicted molar refractivity (Wildman–Crippen MR) is 310 cm³/mol. The van der Waals surface area contributed by atoms with Crippen LogP contribution in [0.25, 0.3) is 0 Å². The van der Waals surface area contributed by atoms with Crippen molar-refractivity contribution in [1.29, 1.82) is 5.26 Å². The Kier molecular flexibility index (Phi) is 26.8. The standard InChI is InChI=1S/C60H78N5O21P/c1-37(2)65(38(3)4)87(80-26-14-25-61)86-49-31-53(84-50(49)35-79-60(44-15-12-11-13-16-44,45-17-21-47(73-9)22-18-45)46-19-23-48(74-10)24-20-46)64-33-43(57(71)63-59(64)72)32-62-52(70)36-76-28-27-75-29-30-77-58-56(83-42(8)69)55(82-41(7)68)54(81-40(6)67)51(85-58)34-78-39(5)66/h11-13,15-24,33,37-38,49-51,53-56,58H,14,26-32,34-36H2,1-10H3,(H,62,70)(H,63,71,72)/t49-,50+,51+,53+,54-,55-,56+,58+,87?/m0/s1. The fraction of sp³-hybridized carbons (Fsp3) is 0.533. The normalized spacial score (nSPS) is 20.6. The summed E-state index contributed by atoms with van der Waals surface area (Å²) in [6, 6.07) is 26.9. The van der Waals surface area contributed by atoms with Crippen molar-refractivity contribution in [3.63, 3.8) is 0 Å². The van der Waals surface area contributed by atoms with Crippen molar-refractivity contribution in [2.45, 2.75) is 142 Å². The van der Waals surface area contributed by atoms with Crippen LogP contribution in [-0.4, -0.2) is 166 Å². The highest BCUT2D eigenvalue weighted by molar-refractivity contribution is 7.44. The topological polar surface area (TPSA) is 308 Å². The van der Waals surface area contributed by atoms with Crippen molar-refractivity contribution in [1.82, 2.24) is 19.5 Å². The van der Waals surface area contributed by atoms with Gasteiger partial charge < -0.3 is 71.2 Å². The number of carbonyl (C=O) groups is 5. The van der Waals surface area contributed by atoms with Gasteiger partial charge in [0.1, 0.15) is 48.7 Å². The van der Waals surface area contributed by atoms with Gasteiger partial charge in [0.05, 0.1) is 78.0 Å². The van der Waals surface area contributed by atoms with Crippen LogP contribution in [0.2, 0.25) is 0 Å². The van der Waals surface area contributed by atoms with Crippen LogP contribution >= 0.6 is 8.53 Å². The largest absolute Gasteiger partial charge is 0.497 e. The summed E-state index contributed by atoms with van der Waals surface area (Å²) < 4.78 is 86.0. The second kappa shape index (κ2) is 33.8. The number of esters is 4. The first-order chi connectivity index (χ1) is 41.7. The van der Waals surface area contributed by atoms with Gasteiger partial charge in [0.25, 0.3) is 14.1 Å². The quantitative estimate of drug-likeness (QED) is 0.0202. The van der Waals surface area contributed by atoms with Crippen molar-refractivity contribution >= 4 is 38.3 Å². The maximum atomic E-state index is 13.8. The second-order valence-corrected chi connectivity index (χ2v) is 22.0. The molecule has 4 aromatic rings. The molecular weight excluding hydrogens is 1160 g/mol. The number of ether oxygens (including phenoxy) is 12. The summed E-state index contributed by atoms with van der Waals surface area (Å²) >= 11 is 0. The fourth-order valence-corrected chi connectivity index (χ4v) is 11.6. The molecule has 0 bridgehead atoms. The van der Waals surface area contributed by atoms with E-state index >= 15 is 0 Å². The number of rotatable bonds is 33. The molecule has 1 amide bonds. The third kappa shape index (κ3) is 19.4. The van der Waals surface area contributed by atoms with Crippen molar-refractivity contribution < 1.29 is 89.9 Å². The average Bonchev–Trinajstić information content (AvgIpc) is 2.11. The molecule has 3 heterocycles. The number of nitriles is 1. The van der Waals surface area contributed by atoms with Crippen molar-refractivity contribution in [2.24, 2.45) is 0 Å². The first-order valence-electron chi connectivity index (χ1n) is 28.3. The third-order valence-electron chi connectivity index (χ3n) is 13.6. The lowest BCUT2D eigenvalue weighted by molar-refractivity contribution is -0.309. The first-order valence-corrected chi connectivity index (χ1v) is 29.4. The van der Waals surface area contributed by atoms with Gasteiger partial charge in [-0.3, -0.25) is 38.3 Å². The lowest BCUT2D eigenvalue weighted by Gasteiger charge is -2.44. The minimum Gasteiger partial charge on any atom is -0.497 e. The monoisotopic (exact) mass is 1240 g/mol. The van der Waals surface area contributed by atoms with E-state index in [0.717, 1.165) is 44.4 Å². The zero-order valence-corrected chi connectivity index (χ0v) is 51.4. The van der Waals surface area contributed by atoms with Crippen LogP contribution in [0, 0.1) is 11.3 Å². The molecule has 87 heavy (non-hydrogen) atoms. The van der Waals surface area contributed by atoms with E-state index < -0.39 is 118 Å². The van der Waals surface area contributed by atoms with Crippen LogP contribution in [0.3, 0.4) is 0 Å². The van der Waals surface area contributed by atoms with E-state index in [1.807, 2.05) is 107 Å². The van der Waals surface area contributed by atoms with E-state index in [4.69, 9.17) is 65.9 Å². The molecule has 0 aliphatic carbocycles. The second-order valence-electron chi connectivity index (χ2n) is 20.6. The van der Waals surface area contributed by atoms with Crippen LogP contribution in [0.15, 0.2) is 94.6 Å². The Balaban J connectivity index is 1.14. The molecule has 0 saturated carbocycles. The summed E-state index contributed by atoms with van der Waals surface area (Å²) in [5.41, 5.74) is -0.442. The lowest BCUT2D eigenvalue weighted by Crippen LogP contribution is -2.63. The van der Waals surface area contributed by atoms with Gasteiger partial charge in [-0.25, -0.2) is 9.46 Å². The molecule has 9 atom stereocenters. The molecule has 2 aliphatic rings. The zero-order chi connectivity index (χ0) is 63.2. The molecular formula is C60H78N5O21P. The summed E-state index contributed by atoms with van der Waals surface area (Å²) in [4.78, 5) is 90.6. The molecule has 26 nitrogen and oxygen atoms in total. The summed E-state index contributed by atoms with van der Waals surface area (Å²) in [7, 11) is 1.34. The Hall–Kier alpha value is -7.15. The Morgan fingerprint density at radius 1 is 0.724 bits per heavy atom. The zero-order valence-electron chi connectivity index (χ0n) is 50.5. The van der Waals surface area contributed by atoms with Crippen LogP contribution < -0.4 is 26.0 Å². The number of nitrogens with zero attached hydrogens (tertiary/aromatic N) is 3. The van der Waals surface area contributed by atoms with Crippen molar-refractivity contribution in [3.8, 4) is 17.6 Å². The van der Waals surface area contributed by atoms with Gasteiger partial charge in [-0.1, -0.05) is 54.6 Å². The van der Waals surface area contributed by atoms with Gasteiger partial charge in [-0.2, -0.15) is 5.26 Å². The van der Waals surface area contributed by atoms with Gasteiger partial charge in [-0.15, -0.1) is 0 Å². The van der Waals surface area contributed by atoms with Crippen LogP contribution in [0.5, 0.6) is 11.5 Å². The summed E-state index contributed by atoms with van der Waals surface area (Å²) in [5.74, 6) is -2.35. The molecule has 0 radical (unpaired) electrons. The number of methoxy groups -OCH3 is 2. The SMILES string of the molecule is COc1ccc(C(OC[C@H]2O[C@@H](n3cc(CNC(=O)COCCOCCO[C@@H]4O[C@H](COC(C)=O)[C@H](OC(C)=O)[C@H](OC(C)=O)[C@H]4OC(C)=O)c(=O)[nH]c3=O)C[C@@H]2OP(OCCC#N)N(C(C)C)C(C)C)(c2ccccc2)c2ccc(OC)cc2)cc1. The Morgan fingerprint density at radius 3 is 1.87 bits per heavy atom. The molecule has 1 unspecified atom stereocenters. The summed E-state index contributed by atoms with van der Waals surface area (Å²) in [6.45, 7) is 11.1. The third-order valence-corrected chi connectivity index (χ3v) is 15.8. The van der Waals surface area contributed by atoms with E-state index in [2.05, 4.69) is 21.0 Å². The molecule has 474 valence electrons. The highest BCUT2D eigenvalue weighted by Gasteiger charge is 2.53. The molecule has 1 aromatic heterocycles. The lowest BCUT2D eigenvalue weighted by atomic mass is 9.80. The molecule has 2 fully saturated rings. The van der Waals surface area contributed by atoms with E-state index in [9.17, 15) is 38.8 Å². The molecule has 2 saturated heterocycles. The average molecular weight is 1240 g/mol. The van der Waals surface area contributed by atoms with Gasteiger partial charge >= 0.3 is 29.6 Å². The van der Waals surface area contributed by atoms with Crippen LogP contribution in [-0.2, 0) is 92.5 Å². The maximum absolute atomic E-state index is 13.8. The number of hydrogen-bond donors (Lipinski definition) is 2. The molecule has 2 N–H and O–H groups in total. The van der Waals surface area contributed by atoms with Gasteiger partial charge in [0, 0.05) is 58.9 Å². The number of aromatic nitrogens is 2. The smallest absolute Gasteiger partial charge is 0.330 e. The molecule has 0 spiro atoms. The fourth-order valence-electron chi connectivity index (χ4n) is 9.87. The number of benzene rings is 3. The van der Waals surface area contributed by atoms with Gasteiger partial charge in [-0.05, 0) is 68.7 Å². The van der Waals surface area contributed by atoms with Gasteiger partial charge in [0.2, 0.25) is 5.91 Å². The number of hydrogen-bond acceptors (Lipinski definition) is 23. The molecule has 6 rings (SSSR count). The number of nitrogens with one attached hydrogen (secondary N) is 2. The highest BCUT2D eigenvalue weighted by Crippen LogP contribution is 2.51. The summed E-state index contributed by atoms with van der Waals surface area (Å²) in [6.07, 6.45) is -7.94. The molecule has 3 aromatic carbocycles. The summed E-state index contributed by atoms with van der Waals surface area (Å²) in [5, 5.41) is 12.1. The minimum atomic E-state index is -1.84. The van der Waals surface area contributed by atoms with E-state index in [1.165, 1.54) is 10.8 Å². The Labute approximate surface area is 505 Å². The van der Waals surface area contributed by atoms with Crippen molar-refractivity contribution in [3.05, 3.63) is 128 Å². The number of aromatic amines is 1. The number of H-pyrrole nitrogens is 1. The van der Waals surface area contributed by atoms with E-state index in [-0.39, 0.29) is 76.7 Å². The Morgan fingerprint density at radius 2 is 1.30 bits per heavy atom. The first kappa shape index (κ1) is 69.0. The van der Waals surface area contributed by atoms with Crippen LogP contribution in [0.1, 0.15) is 96.7 Å².